The molecule has 1 unspecified atom stereocenters. The Morgan fingerprint density at radius 2 is 1.78 bits per heavy atom. The van der Waals surface area contributed by atoms with Gasteiger partial charge in [-0.1, -0.05) is 24.3 Å². The molecule has 0 saturated carbocycles. The smallest absolute Gasteiger partial charge is 0.132 e. The minimum absolute atomic E-state index is 0.00863. The first-order chi connectivity index (χ1) is 11.1. The summed E-state index contributed by atoms with van der Waals surface area (Å²) in [5.74, 6) is -1.51. The van der Waals surface area contributed by atoms with Crippen molar-refractivity contribution >= 4 is 16.6 Å². The van der Waals surface area contributed by atoms with E-state index in [9.17, 15) is 13.9 Å². The van der Waals surface area contributed by atoms with E-state index in [1.165, 1.54) is 6.07 Å². The monoisotopic (exact) mass is 314 g/mol. The molecule has 3 rings (SSSR count). The average molecular weight is 314 g/mol. The number of benzene rings is 2. The van der Waals surface area contributed by atoms with Crippen molar-refractivity contribution in [2.75, 3.05) is 11.9 Å². The first-order valence-corrected chi connectivity index (χ1v) is 7.28. The van der Waals surface area contributed by atoms with Crippen LogP contribution in [0.5, 0.6) is 0 Å². The lowest BCUT2D eigenvalue weighted by Crippen LogP contribution is -2.15. The largest absolute Gasteiger partial charge is 0.386 e. The normalized spacial score (nSPS) is 12.3. The number of halogens is 2. The lowest BCUT2D eigenvalue weighted by molar-refractivity contribution is 0.181. The molecule has 23 heavy (non-hydrogen) atoms. The van der Waals surface area contributed by atoms with E-state index in [1.54, 1.807) is 0 Å². The van der Waals surface area contributed by atoms with Crippen LogP contribution in [0.25, 0.3) is 10.9 Å². The van der Waals surface area contributed by atoms with Gasteiger partial charge in [0.05, 0.1) is 11.1 Å². The van der Waals surface area contributed by atoms with Crippen molar-refractivity contribution in [1.82, 2.24) is 4.98 Å². The quantitative estimate of drug-likeness (QED) is 0.766. The van der Waals surface area contributed by atoms with Crippen LogP contribution in [-0.4, -0.2) is 16.6 Å². The van der Waals surface area contributed by atoms with E-state index in [2.05, 4.69) is 10.3 Å². The van der Waals surface area contributed by atoms with Crippen molar-refractivity contribution in [2.24, 2.45) is 0 Å². The second-order valence-electron chi connectivity index (χ2n) is 5.36. The van der Waals surface area contributed by atoms with Crippen LogP contribution in [-0.2, 0) is 0 Å². The molecule has 2 N–H and O–H groups in total. The number of rotatable bonds is 4. The zero-order valence-corrected chi connectivity index (χ0v) is 12.6. The highest BCUT2D eigenvalue weighted by Gasteiger charge is 2.17. The van der Waals surface area contributed by atoms with Crippen molar-refractivity contribution in [1.29, 1.82) is 0 Å². The third-order valence-corrected chi connectivity index (χ3v) is 3.66. The van der Waals surface area contributed by atoms with Gasteiger partial charge in [0, 0.05) is 23.3 Å². The van der Waals surface area contributed by atoms with Gasteiger partial charge in [-0.3, -0.25) is 4.98 Å². The summed E-state index contributed by atoms with van der Waals surface area (Å²) in [5.41, 5.74) is 2.08. The average Bonchev–Trinajstić information content (AvgIpc) is 2.52. The maximum atomic E-state index is 13.7. The van der Waals surface area contributed by atoms with Crippen molar-refractivity contribution in [3.63, 3.8) is 0 Å². The van der Waals surface area contributed by atoms with Crippen LogP contribution >= 0.6 is 0 Å². The summed E-state index contributed by atoms with van der Waals surface area (Å²) < 4.78 is 27.4. The Labute approximate surface area is 132 Å². The molecular formula is C18H16F2N2O. The van der Waals surface area contributed by atoms with Crippen molar-refractivity contribution < 1.29 is 13.9 Å². The highest BCUT2D eigenvalue weighted by molar-refractivity contribution is 5.91. The van der Waals surface area contributed by atoms with Crippen LogP contribution in [0.1, 0.15) is 17.4 Å². The summed E-state index contributed by atoms with van der Waals surface area (Å²) >= 11 is 0. The fraction of sp³-hybridized carbons (Fsp3) is 0.167. The molecule has 0 spiro atoms. The van der Waals surface area contributed by atoms with E-state index in [1.807, 2.05) is 37.3 Å². The molecular weight excluding hydrogens is 298 g/mol. The highest BCUT2D eigenvalue weighted by Crippen LogP contribution is 2.25. The first-order valence-electron chi connectivity index (χ1n) is 7.28. The molecule has 0 aliphatic carbocycles. The molecule has 0 saturated heterocycles. The van der Waals surface area contributed by atoms with Gasteiger partial charge in [-0.05, 0) is 31.2 Å². The maximum absolute atomic E-state index is 13.7. The Morgan fingerprint density at radius 3 is 2.52 bits per heavy atom. The number of aryl methyl sites for hydroxylation is 1. The molecule has 1 atom stereocenters. The Hall–Kier alpha value is -2.53. The molecule has 3 nitrogen and oxygen atoms in total. The van der Waals surface area contributed by atoms with Crippen molar-refractivity contribution in [3.8, 4) is 0 Å². The van der Waals surface area contributed by atoms with Gasteiger partial charge in [-0.25, -0.2) is 8.78 Å². The van der Waals surface area contributed by atoms with Crippen LogP contribution < -0.4 is 5.32 Å². The Balaban J connectivity index is 1.86. The number of fused-ring (bicyclic) bond motifs is 1. The maximum Gasteiger partial charge on any atom is 0.132 e. The molecule has 0 radical (unpaired) electrons. The number of hydrogen-bond donors (Lipinski definition) is 2. The van der Waals surface area contributed by atoms with Crippen LogP contribution in [0.3, 0.4) is 0 Å². The summed E-state index contributed by atoms with van der Waals surface area (Å²) in [4.78, 5) is 4.43. The van der Waals surface area contributed by atoms with Gasteiger partial charge in [0.25, 0.3) is 0 Å². The summed E-state index contributed by atoms with van der Waals surface area (Å²) in [6, 6.07) is 12.9. The minimum atomic E-state index is -1.29. The molecule has 0 aliphatic rings. The Kier molecular flexibility index (Phi) is 4.21. The predicted molar refractivity (Wildman–Crippen MR) is 86.3 cm³/mol. The SMILES string of the molecule is Cc1cc(NCC(O)c2c(F)cccc2F)c2ccccc2n1. The lowest BCUT2D eigenvalue weighted by atomic mass is 10.1. The van der Waals surface area contributed by atoms with Crippen LogP contribution in [0, 0.1) is 18.6 Å². The number of aromatic nitrogens is 1. The second-order valence-corrected chi connectivity index (χ2v) is 5.36. The zero-order chi connectivity index (χ0) is 16.4. The molecule has 0 amide bonds. The van der Waals surface area contributed by atoms with Gasteiger partial charge in [0.15, 0.2) is 0 Å². The topological polar surface area (TPSA) is 45.1 Å². The number of nitrogens with one attached hydrogen (secondary N) is 1. The molecule has 1 aromatic heterocycles. The summed E-state index contributed by atoms with van der Waals surface area (Å²) in [7, 11) is 0. The van der Waals surface area contributed by atoms with Crippen molar-refractivity contribution in [2.45, 2.75) is 13.0 Å². The third-order valence-electron chi connectivity index (χ3n) is 3.66. The van der Waals surface area contributed by atoms with Gasteiger partial charge < -0.3 is 10.4 Å². The van der Waals surface area contributed by atoms with Crippen LogP contribution in [0.15, 0.2) is 48.5 Å². The van der Waals surface area contributed by atoms with E-state index in [-0.39, 0.29) is 12.1 Å². The van der Waals surface area contributed by atoms with Crippen LogP contribution in [0.2, 0.25) is 0 Å². The molecule has 1 heterocycles. The summed E-state index contributed by atoms with van der Waals surface area (Å²) in [5, 5.41) is 14.1. The lowest BCUT2D eigenvalue weighted by Gasteiger charge is -2.16. The fourth-order valence-electron chi connectivity index (χ4n) is 2.59. The van der Waals surface area contributed by atoms with Crippen molar-refractivity contribution in [3.05, 3.63) is 71.4 Å². The third kappa shape index (κ3) is 3.14. The Morgan fingerprint density at radius 1 is 1.09 bits per heavy atom. The van der Waals surface area contributed by atoms with E-state index >= 15 is 0 Å². The van der Waals surface area contributed by atoms with Gasteiger partial charge in [-0.2, -0.15) is 0 Å². The second kappa shape index (κ2) is 6.30. The predicted octanol–water partition coefficient (Wildman–Crippen LogP) is 3.97. The van der Waals surface area contributed by atoms with E-state index in [0.717, 1.165) is 34.4 Å². The molecule has 0 fully saturated rings. The van der Waals surface area contributed by atoms with Crippen LogP contribution in [0.4, 0.5) is 14.5 Å². The number of aliphatic hydroxyl groups is 1. The van der Waals surface area contributed by atoms with E-state index in [4.69, 9.17) is 0 Å². The molecule has 3 aromatic rings. The number of anilines is 1. The minimum Gasteiger partial charge on any atom is -0.386 e. The number of hydrogen-bond acceptors (Lipinski definition) is 3. The first kappa shape index (κ1) is 15.4. The van der Waals surface area contributed by atoms with Gasteiger partial charge in [0.1, 0.15) is 17.7 Å². The van der Waals surface area contributed by atoms with E-state index in [0.29, 0.717) is 0 Å². The number of para-hydroxylation sites is 1. The number of pyridine rings is 1. The van der Waals surface area contributed by atoms with E-state index < -0.39 is 17.7 Å². The highest BCUT2D eigenvalue weighted by atomic mass is 19.1. The molecule has 2 aromatic carbocycles. The Bertz CT molecular complexity index is 831. The fourth-order valence-corrected chi connectivity index (χ4v) is 2.59. The van der Waals surface area contributed by atoms with Gasteiger partial charge >= 0.3 is 0 Å². The summed E-state index contributed by atoms with van der Waals surface area (Å²) in [6.45, 7) is 1.86. The van der Waals surface area contributed by atoms with Gasteiger partial charge in [0.2, 0.25) is 0 Å². The molecule has 0 aliphatic heterocycles. The standard InChI is InChI=1S/C18H16F2N2O/c1-11-9-16(12-5-2-3-8-15(12)22-11)21-10-17(23)18-13(19)6-4-7-14(18)20/h2-9,17,23H,10H2,1H3,(H,21,22). The van der Waals surface area contributed by atoms with Gasteiger partial charge in [-0.15, -0.1) is 0 Å². The number of nitrogens with zero attached hydrogens (tertiary/aromatic N) is 1. The zero-order valence-electron chi connectivity index (χ0n) is 12.6. The molecule has 0 bridgehead atoms. The number of aliphatic hydroxyl groups excluding tert-OH is 1. The molecule has 5 heteroatoms. The summed E-state index contributed by atoms with van der Waals surface area (Å²) in [6.07, 6.45) is -1.29. The molecule has 118 valence electrons.